The van der Waals surface area contributed by atoms with Gasteiger partial charge in [-0.05, 0) is 41.9 Å². The average Bonchev–Trinajstić information content (AvgIpc) is 2.61. The minimum Gasteiger partial charge on any atom is -0.258 e. The third-order valence-corrected chi connectivity index (χ3v) is 3.06. The Labute approximate surface area is 111 Å². The van der Waals surface area contributed by atoms with E-state index in [2.05, 4.69) is 21.0 Å². The molecular weight excluding hydrogens is 305 g/mol. The number of aromatic nitrogens is 2. The highest BCUT2D eigenvalue weighted by Gasteiger charge is 2.20. The molecule has 0 bridgehead atoms. The number of aryl methyl sites for hydroxylation is 2. The molecule has 0 aliphatic rings. The summed E-state index contributed by atoms with van der Waals surface area (Å²) >= 11 is 3.02. The van der Waals surface area contributed by atoms with Crippen LogP contribution in [0.1, 0.15) is 11.4 Å². The van der Waals surface area contributed by atoms with Crippen molar-refractivity contribution in [3.63, 3.8) is 0 Å². The molecule has 0 saturated carbocycles. The van der Waals surface area contributed by atoms with Crippen LogP contribution in [0, 0.1) is 29.8 Å². The van der Waals surface area contributed by atoms with Crippen LogP contribution in [-0.2, 0) is 0 Å². The van der Waals surface area contributed by atoms with Gasteiger partial charge in [-0.25, -0.2) is 9.07 Å². The fourth-order valence-corrected chi connectivity index (χ4v) is 2.05. The zero-order valence-corrected chi connectivity index (χ0v) is 11.2. The molecule has 0 amide bonds. The summed E-state index contributed by atoms with van der Waals surface area (Å²) in [6.45, 7) is 3.56. The van der Waals surface area contributed by atoms with Crippen LogP contribution in [0.4, 0.5) is 10.1 Å². The third-order valence-electron chi connectivity index (χ3n) is 2.45. The second kappa shape index (κ2) is 4.49. The van der Waals surface area contributed by atoms with E-state index in [1.54, 1.807) is 19.9 Å². The number of nitrogens with zero attached hydrogens (tertiary/aromatic N) is 3. The highest BCUT2D eigenvalue weighted by Crippen LogP contribution is 2.29. The van der Waals surface area contributed by atoms with Crippen molar-refractivity contribution in [2.24, 2.45) is 0 Å². The topological polar surface area (TPSA) is 61.0 Å². The summed E-state index contributed by atoms with van der Waals surface area (Å²) in [5, 5.41) is 15.1. The van der Waals surface area contributed by atoms with Crippen LogP contribution >= 0.6 is 15.9 Å². The lowest BCUT2D eigenvalue weighted by atomic mass is 10.2. The molecule has 7 heteroatoms. The first-order valence-electron chi connectivity index (χ1n) is 5.07. The molecule has 0 atom stereocenters. The Balaban J connectivity index is 2.73. The Kier molecular flexibility index (Phi) is 3.16. The Bertz CT molecular complexity index is 639. The van der Waals surface area contributed by atoms with Crippen LogP contribution in [0.15, 0.2) is 22.7 Å². The molecule has 1 heterocycles. The highest BCUT2D eigenvalue weighted by atomic mass is 79.9. The highest BCUT2D eigenvalue weighted by molar-refractivity contribution is 9.10. The van der Waals surface area contributed by atoms with E-state index in [1.807, 2.05) is 0 Å². The van der Waals surface area contributed by atoms with Gasteiger partial charge in [-0.1, -0.05) is 0 Å². The second-order valence-corrected chi connectivity index (χ2v) is 4.71. The van der Waals surface area contributed by atoms with Gasteiger partial charge in [0.15, 0.2) is 0 Å². The number of rotatable bonds is 2. The quantitative estimate of drug-likeness (QED) is 0.631. The van der Waals surface area contributed by atoms with Crippen LogP contribution < -0.4 is 0 Å². The third kappa shape index (κ3) is 2.13. The van der Waals surface area contributed by atoms with Gasteiger partial charge in [0.2, 0.25) is 0 Å². The zero-order chi connectivity index (χ0) is 13.4. The van der Waals surface area contributed by atoms with E-state index in [0.717, 1.165) is 17.5 Å². The zero-order valence-electron chi connectivity index (χ0n) is 9.65. The van der Waals surface area contributed by atoms with E-state index in [-0.39, 0.29) is 15.8 Å². The predicted molar refractivity (Wildman–Crippen MR) is 67.4 cm³/mol. The normalized spacial score (nSPS) is 10.7. The van der Waals surface area contributed by atoms with Crippen LogP contribution in [0.3, 0.4) is 0 Å². The lowest BCUT2D eigenvalue weighted by Crippen LogP contribution is -2.04. The molecule has 0 spiro atoms. The molecule has 2 rings (SSSR count). The smallest absolute Gasteiger partial charge is 0.258 e. The first-order chi connectivity index (χ1) is 8.40. The van der Waals surface area contributed by atoms with E-state index < -0.39 is 10.7 Å². The summed E-state index contributed by atoms with van der Waals surface area (Å²) in [6, 6.07) is 4.03. The summed E-state index contributed by atoms with van der Waals surface area (Å²) in [5.74, 6) is -0.674. The van der Waals surface area contributed by atoms with E-state index in [9.17, 15) is 14.5 Å². The van der Waals surface area contributed by atoms with Gasteiger partial charge in [0.1, 0.15) is 11.5 Å². The summed E-state index contributed by atoms with van der Waals surface area (Å²) in [4.78, 5) is 10.3. The SMILES string of the molecule is Cc1cc(C)n(-c2cc(Br)c(F)cc2[N+](=O)[O-])n1. The Hall–Kier alpha value is -1.76. The number of hydrogen-bond acceptors (Lipinski definition) is 3. The summed E-state index contributed by atoms with van der Waals surface area (Å²) in [5.41, 5.74) is 1.40. The van der Waals surface area contributed by atoms with E-state index >= 15 is 0 Å². The average molecular weight is 314 g/mol. The maximum absolute atomic E-state index is 13.4. The fourth-order valence-electron chi connectivity index (χ4n) is 1.71. The fraction of sp³-hybridized carbons (Fsp3) is 0.182. The number of hydrogen-bond donors (Lipinski definition) is 0. The minimum absolute atomic E-state index is 0.163. The van der Waals surface area contributed by atoms with Crippen molar-refractivity contribution < 1.29 is 9.31 Å². The molecule has 5 nitrogen and oxygen atoms in total. The van der Waals surface area contributed by atoms with Crippen molar-refractivity contribution in [2.45, 2.75) is 13.8 Å². The lowest BCUT2D eigenvalue weighted by molar-refractivity contribution is -0.384. The molecule has 1 aromatic heterocycles. The number of benzene rings is 1. The molecule has 2 aromatic rings. The van der Waals surface area contributed by atoms with E-state index in [0.29, 0.717) is 0 Å². The number of nitro groups is 1. The van der Waals surface area contributed by atoms with Crippen LogP contribution in [0.5, 0.6) is 0 Å². The van der Waals surface area contributed by atoms with Crippen molar-refractivity contribution >= 4 is 21.6 Å². The minimum atomic E-state index is -0.674. The molecule has 0 aliphatic heterocycles. The van der Waals surface area contributed by atoms with Gasteiger partial charge in [-0.15, -0.1) is 0 Å². The Morgan fingerprint density at radius 3 is 2.56 bits per heavy atom. The van der Waals surface area contributed by atoms with Gasteiger partial charge in [0.05, 0.1) is 21.2 Å². The first kappa shape index (κ1) is 12.7. The molecule has 94 valence electrons. The summed E-state index contributed by atoms with van der Waals surface area (Å²) < 4.78 is 15.0. The van der Waals surface area contributed by atoms with E-state index in [4.69, 9.17) is 0 Å². The largest absolute Gasteiger partial charge is 0.297 e. The molecule has 0 unspecified atom stereocenters. The van der Waals surface area contributed by atoms with Gasteiger partial charge < -0.3 is 0 Å². The number of nitro benzene ring substituents is 1. The molecule has 0 radical (unpaired) electrons. The standard InChI is InChI=1S/C11H9BrFN3O2/c1-6-3-7(2)15(14-6)10-4-8(12)9(13)5-11(10)16(17)18/h3-5H,1-2H3. The molecule has 1 aromatic carbocycles. The van der Waals surface area contributed by atoms with Crippen LogP contribution in [-0.4, -0.2) is 14.7 Å². The van der Waals surface area contributed by atoms with Crippen LogP contribution in [0.2, 0.25) is 0 Å². The van der Waals surface area contributed by atoms with Crippen molar-refractivity contribution in [1.29, 1.82) is 0 Å². The summed E-state index contributed by atoms with van der Waals surface area (Å²) in [7, 11) is 0. The second-order valence-electron chi connectivity index (χ2n) is 3.85. The van der Waals surface area contributed by atoms with E-state index in [1.165, 1.54) is 10.7 Å². The first-order valence-corrected chi connectivity index (χ1v) is 5.86. The monoisotopic (exact) mass is 313 g/mol. The van der Waals surface area contributed by atoms with Crippen molar-refractivity contribution in [2.75, 3.05) is 0 Å². The predicted octanol–water partition coefficient (Wildman–Crippen LogP) is 3.30. The lowest BCUT2D eigenvalue weighted by Gasteiger charge is -2.06. The number of halogens is 2. The van der Waals surface area contributed by atoms with Gasteiger partial charge in [-0.3, -0.25) is 10.1 Å². The maximum atomic E-state index is 13.4. The van der Waals surface area contributed by atoms with Crippen molar-refractivity contribution in [3.05, 3.63) is 50.0 Å². The Morgan fingerprint density at radius 2 is 2.06 bits per heavy atom. The van der Waals surface area contributed by atoms with Crippen molar-refractivity contribution in [1.82, 2.24) is 9.78 Å². The van der Waals surface area contributed by atoms with Crippen LogP contribution in [0.25, 0.3) is 5.69 Å². The molecule has 0 aliphatic carbocycles. The maximum Gasteiger partial charge on any atom is 0.297 e. The molecular formula is C11H9BrFN3O2. The summed E-state index contributed by atoms with van der Waals surface area (Å²) in [6.07, 6.45) is 0. The molecule has 0 fully saturated rings. The van der Waals surface area contributed by atoms with Gasteiger partial charge in [-0.2, -0.15) is 5.10 Å². The van der Waals surface area contributed by atoms with Crippen molar-refractivity contribution in [3.8, 4) is 5.69 Å². The Morgan fingerprint density at radius 1 is 1.39 bits per heavy atom. The van der Waals surface area contributed by atoms with Gasteiger partial charge in [0.25, 0.3) is 5.69 Å². The molecule has 0 saturated heterocycles. The van der Waals surface area contributed by atoms with Gasteiger partial charge >= 0.3 is 0 Å². The molecule has 0 N–H and O–H groups in total. The molecule has 18 heavy (non-hydrogen) atoms. The van der Waals surface area contributed by atoms with Gasteiger partial charge in [0, 0.05) is 5.69 Å².